The number of ketones is 1. The van der Waals surface area contributed by atoms with Crippen molar-refractivity contribution in [1.29, 1.82) is 5.26 Å². The summed E-state index contributed by atoms with van der Waals surface area (Å²) in [6.07, 6.45) is 1.65. The summed E-state index contributed by atoms with van der Waals surface area (Å²) in [5, 5.41) is 9.10. The highest BCUT2D eigenvalue weighted by Crippen LogP contribution is 2.20. The molecule has 21 heavy (non-hydrogen) atoms. The van der Waals surface area contributed by atoms with Crippen molar-refractivity contribution >= 4 is 11.9 Å². The fourth-order valence-corrected chi connectivity index (χ4v) is 2.04. The molecule has 0 spiro atoms. The molecule has 0 saturated carbocycles. The van der Waals surface area contributed by atoms with Gasteiger partial charge in [0.05, 0.1) is 5.57 Å². The fourth-order valence-electron chi connectivity index (χ4n) is 2.04. The number of rotatable bonds is 4. The summed E-state index contributed by atoms with van der Waals surface area (Å²) in [7, 11) is 0. The first-order chi connectivity index (χ1) is 10.1. The van der Waals surface area contributed by atoms with Crippen LogP contribution in [0.1, 0.15) is 19.4 Å². The molecule has 0 aliphatic carbocycles. The van der Waals surface area contributed by atoms with E-state index in [1.165, 1.54) is 0 Å². The lowest BCUT2D eigenvalue weighted by atomic mass is 9.98. The SMILES string of the molecule is CC(C)C(=O)/C(C#N)=C\c1ccc(-c2ccccc2)cc1. The number of Topliss-reactive ketones (excluding diaryl/α,β-unsaturated/α-hetero) is 1. The second kappa shape index (κ2) is 6.67. The highest BCUT2D eigenvalue weighted by Gasteiger charge is 2.13. The van der Waals surface area contributed by atoms with E-state index < -0.39 is 0 Å². The molecule has 0 aliphatic rings. The molecule has 0 unspecified atom stereocenters. The van der Waals surface area contributed by atoms with Crippen LogP contribution in [0.25, 0.3) is 17.2 Å². The molecule has 2 rings (SSSR count). The van der Waals surface area contributed by atoms with Gasteiger partial charge in [0.2, 0.25) is 0 Å². The average Bonchev–Trinajstić information content (AvgIpc) is 2.53. The Morgan fingerprint density at radius 2 is 1.57 bits per heavy atom. The quantitative estimate of drug-likeness (QED) is 0.609. The third-order valence-corrected chi connectivity index (χ3v) is 3.24. The van der Waals surface area contributed by atoms with Crippen molar-refractivity contribution in [2.24, 2.45) is 5.92 Å². The van der Waals surface area contributed by atoms with E-state index in [2.05, 4.69) is 0 Å². The molecule has 0 amide bonds. The molecule has 0 aromatic heterocycles. The number of allylic oxidation sites excluding steroid dienone is 1. The van der Waals surface area contributed by atoms with E-state index in [9.17, 15) is 4.79 Å². The zero-order valence-corrected chi connectivity index (χ0v) is 12.2. The predicted octanol–water partition coefficient (Wildman–Crippen LogP) is 4.49. The largest absolute Gasteiger partial charge is 0.293 e. The van der Waals surface area contributed by atoms with Crippen LogP contribution >= 0.6 is 0 Å². The molecule has 0 aliphatic heterocycles. The number of carbonyl (C=O) groups is 1. The van der Waals surface area contributed by atoms with Gasteiger partial charge in [-0.1, -0.05) is 68.4 Å². The van der Waals surface area contributed by atoms with Crippen molar-refractivity contribution in [1.82, 2.24) is 0 Å². The first-order valence-electron chi connectivity index (χ1n) is 6.93. The van der Waals surface area contributed by atoms with Crippen molar-refractivity contribution in [3.05, 3.63) is 65.7 Å². The average molecular weight is 275 g/mol. The van der Waals surface area contributed by atoms with Gasteiger partial charge >= 0.3 is 0 Å². The second-order valence-corrected chi connectivity index (χ2v) is 5.18. The lowest BCUT2D eigenvalue weighted by Gasteiger charge is -2.04. The van der Waals surface area contributed by atoms with Crippen LogP contribution in [-0.2, 0) is 4.79 Å². The molecule has 2 nitrogen and oxygen atoms in total. The van der Waals surface area contributed by atoms with Gasteiger partial charge in [0.1, 0.15) is 6.07 Å². The van der Waals surface area contributed by atoms with Crippen LogP contribution in [0.3, 0.4) is 0 Å². The van der Waals surface area contributed by atoms with Gasteiger partial charge in [-0.2, -0.15) is 5.26 Å². The lowest BCUT2D eigenvalue weighted by Crippen LogP contribution is -2.08. The zero-order valence-electron chi connectivity index (χ0n) is 12.2. The third kappa shape index (κ3) is 3.67. The molecule has 0 bridgehead atoms. The Labute approximate surface area is 125 Å². The van der Waals surface area contributed by atoms with Gasteiger partial charge in [-0.05, 0) is 22.8 Å². The highest BCUT2D eigenvalue weighted by molar-refractivity contribution is 6.04. The van der Waals surface area contributed by atoms with E-state index in [-0.39, 0.29) is 17.3 Å². The summed E-state index contributed by atoms with van der Waals surface area (Å²) in [4.78, 5) is 11.9. The zero-order chi connectivity index (χ0) is 15.2. The topological polar surface area (TPSA) is 40.9 Å². The van der Waals surface area contributed by atoms with Gasteiger partial charge in [0.15, 0.2) is 5.78 Å². The molecular weight excluding hydrogens is 258 g/mol. The minimum atomic E-state index is -0.167. The molecule has 104 valence electrons. The van der Waals surface area contributed by atoms with Crippen LogP contribution in [-0.4, -0.2) is 5.78 Å². The number of carbonyl (C=O) groups excluding carboxylic acids is 1. The lowest BCUT2D eigenvalue weighted by molar-refractivity contribution is -0.117. The Bertz CT molecular complexity index is 689. The van der Waals surface area contributed by atoms with Crippen LogP contribution in [0.5, 0.6) is 0 Å². The Balaban J connectivity index is 2.27. The summed E-state index contributed by atoms with van der Waals surface area (Å²) >= 11 is 0. The van der Waals surface area contributed by atoms with E-state index in [1.807, 2.05) is 60.7 Å². The van der Waals surface area contributed by atoms with E-state index in [1.54, 1.807) is 19.9 Å². The summed E-state index contributed by atoms with van der Waals surface area (Å²) < 4.78 is 0. The van der Waals surface area contributed by atoms with Crippen LogP contribution in [0.15, 0.2) is 60.2 Å². The number of nitriles is 1. The molecule has 2 aromatic carbocycles. The number of benzene rings is 2. The fraction of sp³-hybridized carbons (Fsp3) is 0.158. The van der Waals surface area contributed by atoms with Gasteiger partial charge in [-0.15, -0.1) is 0 Å². The summed E-state index contributed by atoms with van der Waals surface area (Å²) in [5.74, 6) is -0.288. The highest BCUT2D eigenvalue weighted by atomic mass is 16.1. The Morgan fingerprint density at radius 1 is 1.00 bits per heavy atom. The van der Waals surface area contributed by atoms with Crippen LogP contribution in [0.2, 0.25) is 0 Å². The number of hydrogen-bond acceptors (Lipinski definition) is 2. The monoisotopic (exact) mass is 275 g/mol. The predicted molar refractivity (Wildman–Crippen MR) is 85.3 cm³/mol. The first-order valence-corrected chi connectivity index (χ1v) is 6.93. The van der Waals surface area contributed by atoms with E-state index >= 15 is 0 Å². The van der Waals surface area contributed by atoms with Crippen molar-refractivity contribution in [2.45, 2.75) is 13.8 Å². The van der Waals surface area contributed by atoms with Gasteiger partial charge in [-0.3, -0.25) is 4.79 Å². The van der Waals surface area contributed by atoms with Crippen LogP contribution in [0.4, 0.5) is 0 Å². The van der Waals surface area contributed by atoms with E-state index in [0.29, 0.717) is 0 Å². The maximum absolute atomic E-state index is 11.9. The number of hydrogen-bond donors (Lipinski definition) is 0. The van der Waals surface area contributed by atoms with Crippen LogP contribution in [0, 0.1) is 17.2 Å². The van der Waals surface area contributed by atoms with Crippen molar-refractivity contribution < 1.29 is 4.79 Å². The number of nitrogens with zero attached hydrogens (tertiary/aromatic N) is 1. The maximum Gasteiger partial charge on any atom is 0.175 e. The molecule has 0 radical (unpaired) electrons. The summed E-state index contributed by atoms with van der Waals surface area (Å²) in [6, 6.07) is 19.9. The van der Waals surface area contributed by atoms with Crippen molar-refractivity contribution in [3.8, 4) is 17.2 Å². The molecule has 0 saturated heterocycles. The third-order valence-electron chi connectivity index (χ3n) is 3.24. The maximum atomic E-state index is 11.9. The Kier molecular flexibility index (Phi) is 4.68. The Hall–Kier alpha value is -2.66. The molecule has 0 N–H and O–H groups in total. The normalized spacial score (nSPS) is 11.2. The van der Waals surface area contributed by atoms with Crippen molar-refractivity contribution in [3.63, 3.8) is 0 Å². The van der Waals surface area contributed by atoms with Gasteiger partial charge in [0, 0.05) is 5.92 Å². The molecule has 0 fully saturated rings. The molecule has 2 aromatic rings. The van der Waals surface area contributed by atoms with E-state index in [0.717, 1.165) is 16.7 Å². The van der Waals surface area contributed by atoms with Gasteiger partial charge in [-0.25, -0.2) is 0 Å². The summed E-state index contributed by atoms with van der Waals surface area (Å²) in [6.45, 7) is 3.60. The molecule has 2 heteroatoms. The summed E-state index contributed by atoms with van der Waals surface area (Å²) in [5.41, 5.74) is 3.32. The van der Waals surface area contributed by atoms with E-state index in [4.69, 9.17) is 5.26 Å². The minimum Gasteiger partial charge on any atom is -0.293 e. The minimum absolute atomic E-state index is 0.121. The van der Waals surface area contributed by atoms with Gasteiger partial charge < -0.3 is 0 Å². The second-order valence-electron chi connectivity index (χ2n) is 5.18. The molecular formula is C19H17NO. The molecule has 0 heterocycles. The Morgan fingerprint density at radius 3 is 2.10 bits per heavy atom. The van der Waals surface area contributed by atoms with Crippen LogP contribution < -0.4 is 0 Å². The van der Waals surface area contributed by atoms with Crippen molar-refractivity contribution in [2.75, 3.05) is 0 Å². The smallest absolute Gasteiger partial charge is 0.175 e. The first kappa shape index (κ1) is 14.7. The molecule has 0 atom stereocenters. The standard InChI is InChI=1S/C19H17NO/c1-14(2)19(21)18(13-20)12-15-8-10-17(11-9-15)16-6-4-3-5-7-16/h3-12,14H,1-2H3/b18-12-. The van der Waals surface area contributed by atoms with Gasteiger partial charge in [0.25, 0.3) is 0 Å².